The molecule has 0 N–H and O–H groups in total. The van der Waals surface area contributed by atoms with E-state index in [4.69, 9.17) is 0 Å². The number of allylic oxidation sites excluding steroid dienone is 2. The van der Waals surface area contributed by atoms with Crippen LogP contribution in [0.5, 0.6) is 0 Å². The quantitative estimate of drug-likeness (QED) is 0.412. The van der Waals surface area contributed by atoms with Gasteiger partial charge in [-0.25, -0.2) is 0 Å². The van der Waals surface area contributed by atoms with Gasteiger partial charge in [-0.1, -0.05) is 0 Å². The van der Waals surface area contributed by atoms with Crippen LogP contribution in [-0.2, 0) is 23.2 Å². The van der Waals surface area contributed by atoms with Crippen molar-refractivity contribution in [1.29, 1.82) is 0 Å². The topological polar surface area (TPSA) is 0 Å². The first-order valence-corrected chi connectivity index (χ1v) is 11.2. The molecule has 2 aliphatic carbocycles. The standard InChI is InChI=1S/2C9H7.C2H4.CH3Cl.Zr/c2*1-2-5-9-7-3-6-8(9)4-1;2*1-2;/h2*1-7H;1-2H2;1H3;. The van der Waals surface area contributed by atoms with Crippen molar-refractivity contribution in [3.05, 3.63) is 96.1 Å². The molecule has 0 radical (unpaired) electrons. The fourth-order valence-corrected chi connectivity index (χ4v) is 7.13. The zero-order valence-corrected chi connectivity index (χ0v) is 16.6. The number of fused-ring (bicyclic) bond motifs is 2. The fraction of sp³-hybridized carbons (Fsp3) is 0.143. The molecular weight excluding hydrogens is 379 g/mol. The van der Waals surface area contributed by atoms with E-state index >= 15 is 0 Å². The van der Waals surface area contributed by atoms with Gasteiger partial charge in [0.1, 0.15) is 0 Å². The maximum absolute atomic E-state index is 4.64. The van der Waals surface area contributed by atoms with E-state index in [1.807, 2.05) is 0 Å². The predicted molar refractivity (Wildman–Crippen MR) is 99.5 cm³/mol. The SMILES string of the molecule is C1=C[CH]([Zr][CH]2C=Cc3ccccc32)c2ccccc21.C=C.CCl. The normalized spacial score (nSPS) is 18.9. The molecule has 0 fully saturated rings. The minimum absolute atomic E-state index is 0.542. The summed E-state index contributed by atoms with van der Waals surface area (Å²) in [6.07, 6.45) is 11.0. The summed E-state index contributed by atoms with van der Waals surface area (Å²) in [5.41, 5.74) is 5.99. The molecule has 0 spiro atoms. The molecule has 4 rings (SSSR count). The largest absolute Gasteiger partial charge is 0.130 e. The Hall–Kier alpha value is -1.17. The summed E-state index contributed by atoms with van der Waals surface area (Å²) in [6, 6.07) is 17.7. The number of rotatable bonds is 2. The second kappa shape index (κ2) is 9.21. The van der Waals surface area contributed by atoms with E-state index in [9.17, 15) is 0 Å². The Morgan fingerprint density at radius 2 is 1.13 bits per heavy atom. The molecule has 0 saturated heterocycles. The third-order valence-electron chi connectivity index (χ3n) is 3.96. The first kappa shape index (κ1) is 18.2. The molecule has 0 nitrogen and oxygen atoms in total. The fourth-order valence-electron chi connectivity index (χ4n) is 2.98. The number of halogens is 1. The third-order valence-corrected chi connectivity index (χ3v) is 8.20. The van der Waals surface area contributed by atoms with E-state index in [0.29, 0.717) is 0 Å². The smallest absolute Gasteiger partial charge is 0.0108 e. The maximum Gasteiger partial charge on any atom is 0.0108 e. The third kappa shape index (κ3) is 4.03. The summed E-state index contributed by atoms with van der Waals surface area (Å²) in [7, 11) is 0. The van der Waals surface area contributed by atoms with Crippen molar-refractivity contribution in [1.82, 2.24) is 0 Å². The van der Waals surface area contributed by atoms with Crippen LogP contribution in [0.15, 0.2) is 73.8 Å². The molecule has 0 aliphatic heterocycles. The van der Waals surface area contributed by atoms with Gasteiger partial charge in [-0.2, -0.15) is 0 Å². The Kier molecular flexibility index (Phi) is 7.28. The van der Waals surface area contributed by atoms with E-state index in [1.54, 1.807) is 11.1 Å². The van der Waals surface area contributed by atoms with Crippen LogP contribution < -0.4 is 0 Å². The predicted octanol–water partition coefficient (Wildman–Crippen LogP) is 6.26. The molecule has 2 aromatic rings. The second-order valence-corrected chi connectivity index (χ2v) is 8.98. The van der Waals surface area contributed by atoms with Gasteiger partial charge in [-0.3, -0.25) is 0 Å². The molecule has 2 unspecified atom stereocenters. The Morgan fingerprint density at radius 1 is 0.739 bits per heavy atom. The molecule has 2 aliphatic rings. The molecule has 0 amide bonds. The summed E-state index contributed by atoms with van der Waals surface area (Å²) in [5, 5.41) is 0. The number of hydrogen-bond acceptors (Lipinski definition) is 0. The van der Waals surface area contributed by atoms with E-state index in [1.165, 1.54) is 17.5 Å². The van der Waals surface area contributed by atoms with Gasteiger partial charge in [0.25, 0.3) is 0 Å². The van der Waals surface area contributed by atoms with Gasteiger partial charge in [0.05, 0.1) is 0 Å². The maximum atomic E-state index is 4.64. The van der Waals surface area contributed by atoms with Gasteiger partial charge in [-0.05, 0) is 0 Å². The van der Waals surface area contributed by atoms with Gasteiger partial charge < -0.3 is 0 Å². The van der Waals surface area contributed by atoms with E-state index < -0.39 is 23.2 Å². The first-order chi connectivity index (χ1) is 11.4. The Labute approximate surface area is 156 Å². The second-order valence-electron chi connectivity index (χ2n) is 5.10. The Morgan fingerprint density at radius 3 is 1.57 bits per heavy atom. The molecular formula is C21H21ClZr. The van der Waals surface area contributed by atoms with Crippen LogP contribution in [0.4, 0.5) is 0 Å². The summed E-state index contributed by atoms with van der Waals surface area (Å²) >= 11 is 4.10. The van der Waals surface area contributed by atoms with Crippen LogP contribution in [0.2, 0.25) is 0 Å². The summed E-state index contributed by atoms with van der Waals surface area (Å²) in [6.45, 7) is 6.00. The zero-order valence-electron chi connectivity index (χ0n) is 13.4. The van der Waals surface area contributed by atoms with Gasteiger partial charge in [0, 0.05) is 6.38 Å². The Bertz CT molecular complexity index is 643. The molecule has 0 saturated carbocycles. The van der Waals surface area contributed by atoms with Crippen LogP contribution >= 0.6 is 11.6 Å². The van der Waals surface area contributed by atoms with Gasteiger partial charge in [0.2, 0.25) is 0 Å². The van der Waals surface area contributed by atoms with Gasteiger partial charge in [0.15, 0.2) is 0 Å². The van der Waals surface area contributed by atoms with Crippen molar-refractivity contribution >= 4 is 23.8 Å². The minimum atomic E-state index is -0.542. The summed E-state index contributed by atoms with van der Waals surface area (Å²) < 4.78 is 1.47. The van der Waals surface area contributed by atoms with Crippen molar-refractivity contribution in [3.63, 3.8) is 0 Å². The van der Waals surface area contributed by atoms with Crippen LogP contribution in [0, 0.1) is 0 Å². The van der Waals surface area contributed by atoms with E-state index in [0.717, 1.165) is 7.25 Å². The van der Waals surface area contributed by atoms with Crippen LogP contribution in [0.3, 0.4) is 0 Å². The van der Waals surface area contributed by atoms with Gasteiger partial charge in [-0.15, -0.1) is 24.8 Å². The van der Waals surface area contributed by atoms with Gasteiger partial charge >= 0.3 is 126 Å². The number of benzene rings is 2. The van der Waals surface area contributed by atoms with Crippen molar-refractivity contribution in [2.45, 2.75) is 7.25 Å². The average molecular weight is 400 g/mol. The molecule has 2 atom stereocenters. The van der Waals surface area contributed by atoms with Crippen LogP contribution in [0.25, 0.3) is 12.2 Å². The van der Waals surface area contributed by atoms with E-state index in [-0.39, 0.29) is 0 Å². The molecule has 23 heavy (non-hydrogen) atoms. The molecule has 0 bridgehead atoms. The van der Waals surface area contributed by atoms with Crippen molar-refractivity contribution in [3.8, 4) is 0 Å². The Balaban J connectivity index is 0.000000448. The van der Waals surface area contributed by atoms with Crippen molar-refractivity contribution in [2.24, 2.45) is 0 Å². The van der Waals surface area contributed by atoms with Crippen molar-refractivity contribution in [2.75, 3.05) is 6.38 Å². The molecule has 2 aromatic carbocycles. The van der Waals surface area contributed by atoms with E-state index in [2.05, 4.69) is 97.6 Å². The number of hydrogen-bond donors (Lipinski definition) is 0. The summed E-state index contributed by atoms with van der Waals surface area (Å²) in [5.74, 6) is 0. The van der Waals surface area contributed by atoms with Crippen molar-refractivity contribution < 1.29 is 23.2 Å². The molecule has 0 heterocycles. The zero-order chi connectivity index (χ0) is 16.7. The minimum Gasteiger partial charge on any atom is -0.130 e. The summed E-state index contributed by atoms with van der Waals surface area (Å²) in [4.78, 5) is 0. The van der Waals surface area contributed by atoms with Crippen LogP contribution in [-0.4, -0.2) is 6.38 Å². The monoisotopic (exact) mass is 398 g/mol. The molecule has 0 aromatic heterocycles. The first-order valence-electron chi connectivity index (χ1n) is 7.60. The number of alkyl halides is 1. The average Bonchev–Trinajstić information content (AvgIpc) is 3.24. The molecule has 2 heteroatoms. The molecule has 116 valence electrons. The van der Waals surface area contributed by atoms with Crippen LogP contribution in [0.1, 0.15) is 29.5 Å².